The summed E-state index contributed by atoms with van der Waals surface area (Å²) in [7, 11) is -3.54. The SMILES string of the molecule is O=C(/C=C/c1ccc(S(=O)(=O)N2CCOCC2)cc1)Nc1cccc(CN2CCCC2=O)c1. The number of carbonyl (C=O) groups is 2. The summed E-state index contributed by atoms with van der Waals surface area (Å²) in [5.74, 6) is -0.134. The van der Waals surface area contributed by atoms with E-state index in [0.29, 0.717) is 50.5 Å². The number of carbonyl (C=O) groups excluding carboxylic acids is 2. The Morgan fingerprint density at radius 1 is 1.06 bits per heavy atom. The van der Waals surface area contributed by atoms with E-state index in [-0.39, 0.29) is 16.7 Å². The molecule has 2 amide bonds. The molecule has 8 nitrogen and oxygen atoms in total. The Morgan fingerprint density at radius 2 is 1.82 bits per heavy atom. The zero-order valence-electron chi connectivity index (χ0n) is 18.3. The second kappa shape index (κ2) is 10.3. The summed E-state index contributed by atoms with van der Waals surface area (Å²) in [6.07, 6.45) is 4.52. The van der Waals surface area contributed by atoms with Crippen LogP contribution in [0.3, 0.4) is 0 Å². The molecule has 4 rings (SSSR count). The van der Waals surface area contributed by atoms with Gasteiger partial charge in [0, 0.05) is 44.4 Å². The van der Waals surface area contributed by atoms with Crippen molar-refractivity contribution in [1.29, 1.82) is 0 Å². The van der Waals surface area contributed by atoms with Crippen LogP contribution in [0, 0.1) is 0 Å². The average molecular weight is 470 g/mol. The van der Waals surface area contributed by atoms with Crippen LogP contribution in [0.2, 0.25) is 0 Å². The minimum absolute atomic E-state index is 0.163. The van der Waals surface area contributed by atoms with Crippen LogP contribution in [0.5, 0.6) is 0 Å². The Morgan fingerprint density at radius 3 is 2.52 bits per heavy atom. The topological polar surface area (TPSA) is 96.0 Å². The van der Waals surface area contributed by atoms with E-state index in [9.17, 15) is 18.0 Å². The first-order valence-electron chi connectivity index (χ1n) is 11.0. The number of sulfonamides is 1. The summed E-state index contributed by atoms with van der Waals surface area (Å²) >= 11 is 0. The van der Waals surface area contributed by atoms with Gasteiger partial charge in [0.2, 0.25) is 21.8 Å². The molecule has 0 aliphatic carbocycles. The second-order valence-corrected chi connectivity index (χ2v) is 9.97. The van der Waals surface area contributed by atoms with E-state index in [1.54, 1.807) is 36.4 Å². The monoisotopic (exact) mass is 469 g/mol. The smallest absolute Gasteiger partial charge is 0.248 e. The lowest BCUT2D eigenvalue weighted by atomic mass is 10.2. The summed E-state index contributed by atoms with van der Waals surface area (Å²) in [5, 5.41) is 2.82. The number of ether oxygens (including phenoxy) is 1. The fourth-order valence-electron chi connectivity index (χ4n) is 3.88. The second-order valence-electron chi connectivity index (χ2n) is 8.03. The number of rotatable bonds is 7. The highest BCUT2D eigenvalue weighted by atomic mass is 32.2. The first-order chi connectivity index (χ1) is 15.9. The molecule has 0 bridgehead atoms. The van der Waals surface area contributed by atoms with Crippen molar-refractivity contribution in [3.05, 3.63) is 65.7 Å². The number of morpholine rings is 1. The highest BCUT2D eigenvalue weighted by Gasteiger charge is 2.26. The molecule has 2 aromatic rings. The largest absolute Gasteiger partial charge is 0.379 e. The highest BCUT2D eigenvalue weighted by molar-refractivity contribution is 7.89. The molecule has 0 saturated carbocycles. The third kappa shape index (κ3) is 5.87. The standard InChI is InChI=1S/C24H27N3O5S/c28-23(25-21-4-1-3-20(17-21)18-26-12-2-5-24(26)29)11-8-19-6-9-22(10-7-19)33(30,31)27-13-15-32-16-14-27/h1,3-4,6-11,17H,2,5,12-16,18H2,(H,25,28)/b11-8+. The molecule has 0 atom stereocenters. The van der Waals surface area contributed by atoms with E-state index < -0.39 is 10.0 Å². The third-order valence-electron chi connectivity index (χ3n) is 5.65. The van der Waals surface area contributed by atoms with Crippen LogP contribution in [-0.2, 0) is 30.9 Å². The molecule has 9 heteroatoms. The Hall–Kier alpha value is -3.01. The van der Waals surface area contributed by atoms with E-state index >= 15 is 0 Å². The number of nitrogens with one attached hydrogen (secondary N) is 1. The van der Waals surface area contributed by atoms with Crippen molar-refractivity contribution in [2.75, 3.05) is 38.2 Å². The molecule has 2 aliphatic rings. The minimum Gasteiger partial charge on any atom is -0.379 e. The molecule has 2 saturated heterocycles. The normalized spacial score (nSPS) is 17.6. The van der Waals surface area contributed by atoms with Crippen LogP contribution in [0.4, 0.5) is 5.69 Å². The van der Waals surface area contributed by atoms with Crippen LogP contribution in [-0.4, -0.2) is 62.3 Å². The Balaban J connectivity index is 1.35. The molecule has 0 spiro atoms. The first-order valence-corrected chi connectivity index (χ1v) is 12.4. The Bertz CT molecular complexity index is 1140. The molecule has 2 aliphatic heterocycles. The van der Waals surface area contributed by atoms with Crippen molar-refractivity contribution < 1.29 is 22.7 Å². The number of anilines is 1. The van der Waals surface area contributed by atoms with E-state index in [1.807, 2.05) is 23.1 Å². The van der Waals surface area contributed by atoms with Gasteiger partial charge < -0.3 is 15.0 Å². The maximum absolute atomic E-state index is 12.7. The molecular formula is C24H27N3O5S. The van der Waals surface area contributed by atoms with Gasteiger partial charge in [0.15, 0.2) is 0 Å². The van der Waals surface area contributed by atoms with Gasteiger partial charge in [-0.1, -0.05) is 24.3 Å². The van der Waals surface area contributed by atoms with Crippen molar-refractivity contribution in [3.63, 3.8) is 0 Å². The van der Waals surface area contributed by atoms with Gasteiger partial charge in [0.25, 0.3) is 0 Å². The number of likely N-dealkylation sites (tertiary alicyclic amines) is 1. The Kier molecular flexibility index (Phi) is 7.22. The van der Waals surface area contributed by atoms with E-state index in [1.165, 1.54) is 10.4 Å². The summed E-state index contributed by atoms with van der Waals surface area (Å²) in [6, 6.07) is 13.9. The molecule has 2 fully saturated rings. The number of amides is 2. The first kappa shape index (κ1) is 23.2. The maximum Gasteiger partial charge on any atom is 0.248 e. The molecule has 2 aromatic carbocycles. The lowest BCUT2D eigenvalue weighted by molar-refractivity contribution is -0.128. The zero-order chi connectivity index (χ0) is 23.3. The number of hydrogen-bond acceptors (Lipinski definition) is 5. The minimum atomic E-state index is -3.54. The van der Waals surface area contributed by atoms with Gasteiger partial charge in [-0.25, -0.2) is 8.42 Å². The lowest BCUT2D eigenvalue weighted by Gasteiger charge is -2.26. The number of nitrogens with zero attached hydrogens (tertiary/aromatic N) is 2. The van der Waals surface area contributed by atoms with Crippen molar-refractivity contribution in [1.82, 2.24) is 9.21 Å². The lowest BCUT2D eigenvalue weighted by Crippen LogP contribution is -2.40. The van der Waals surface area contributed by atoms with Crippen molar-refractivity contribution >= 4 is 33.6 Å². The van der Waals surface area contributed by atoms with Crippen molar-refractivity contribution in [2.24, 2.45) is 0 Å². The van der Waals surface area contributed by atoms with Gasteiger partial charge >= 0.3 is 0 Å². The number of hydrogen-bond donors (Lipinski definition) is 1. The summed E-state index contributed by atoms with van der Waals surface area (Å²) in [4.78, 5) is 26.2. The third-order valence-corrected chi connectivity index (χ3v) is 7.57. The molecular weight excluding hydrogens is 442 g/mol. The molecule has 33 heavy (non-hydrogen) atoms. The molecule has 0 unspecified atom stereocenters. The number of benzene rings is 2. The fourth-order valence-corrected chi connectivity index (χ4v) is 5.29. The van der Waals surface area contributed by atoms with Crippen LogP contribution in [0.1, 0.15) is 24.0 Å². The highest BCUT2D eigenvalue weighted by Crippen LogP contribution is 2.19. The van der Waals surface area contributed by atoms with Crippen LogP contribution >= 0.6 is 0 Å². The molecule has 0 aromatic heterocycles. The fraction of sp³-hybridized carbons (Fsp3) is 0.333. The molecule has 2 heterocycles. The van der Waals surface area contributed by atoms with E-state index in [0.717, 1.165) is 18.5 Å². The van der Waals surface area contributed by atoms with Gasteiger partial charge in [-0.15, -0.1) is 0 Å². The van der Waals surface area contributed by atoms with Gasteiger partial charge in [0.05, 0.1) is 18.1 Å². The van der Waals surface area contributed by atoms with Gasteiger partial charge in [0.1, 0.15) is 0 Å². The van der Waals surface area contributed by atoms with Crippen molar-refractivity contribution in [3.8, 4) is 0 Å². The van der Waals surface area contributed by atoms with Crippen LogP contribution < -0.4 is 5.32 Å². The van der Waals surface area contributed by atoms with Gasteiger partial charge in [-0.05, 0) is 47.9 Å². The predicted octanol–water partition coefficient (Wildman–Crippen LogP) is 2.48. The van der Waals surface area contributed by atoms with Crippen molar-refractivity contribution in [2.45, 2.75) is 24.3 Å². The van der Waals surface area contributed by atoms with Crippen LogP contribution in [0.15, 0.2) is 59.5 Å². The molecule has 0 radical (unpaired) electrons. The van der Waals surface area contributed by atoms with Gasteiger partial charge in [-0.2, -0.15) is 4.31 Å². The molecule has 1 N–H and O–H groups in total. The molecule has 174 valence electrons. The van der Waals surface area contributed by atoms with Crippen LogP contribution in [0.25, 0.3) is 6.08 Å². The zero-order valence-corrected chi connectivity index (χ0v) is 19.1. The predicted molar refractivity (Wildman–Crippen MR) is 125 cm³/mol. The summed E-state index contributed by atoms with van der Waals surface area (Å²) in [6.45, 7) is 2.80. The van der Waals surface area contributed by atoms with Gasteiger partial charge in [-0.3, -0.25) is 9.59 Å². The maximum atomic E-state index is 12.7. The summed E-state index contributed by atoms with van der Waals surface area (Å²) in [5.41, 5.74) is 2.33. The Labute approximate surface area is 193 Å². The van der Waals surface area contributed by atoms with E-state index in [2.05, 4.69) is 5.32 Å². The van der Waals surface area contributed by atoms with E-state index in [4.69, 9.17) is 4.74 Å². The summed E-state index contributed by atoms with van der Waals surface area (Å²) < 4.78 is 32.0. The quantitative estimate of drug-likeness (QED) is 0.629. The average Bonchev–Trinajstić information content (AvgIpc) is 3.23.